The van der Waals surface area contributed by atoms with E-state index in [4.69, 9.17) is 0 Å². The predicted octanol–water partition coefficient (Wildman–Crippen LogP) is 3.71. The van der Waals surface area contributed by atoms with Crippen LogP contribution >= 0.6 is 0 Å². The van der Waals surface area contributed by atoms with Crippen LogP contribution in [0.4, 0.5) is 0 Å². The number of carbonyl (C=O) groups excluding carboxylic acids is 1. The molecule has 0 spiro atoms. The molecule has 1 aliphatic heterocycles. The van der Waals surface area contributed by atoms with E-state index in [-0.39, 0.29) is 59.8 Å². The normalized spacial score (nSPS) is 14.6. The SMILES string of the molecule is CC.CC.O=C(O)C(Cc1cc[c-]cc1)NC(=O)C1CCN1S(=O)(=O)Cc1ccccc1.[B].[CH2-]C.[Y]. The molecular weight excluding hydrogens is 552 g/mol. The maximum atomic E-state index is 12.6. The molecule has 0 aromatic heterocycles. The van der Waals surface area contributed by atoms with Crippen molar-refractivity contribution in [2.75, 3.05) is 6.54 Å². The Hall–Kier alpha value is -1.54. The summed E-state index contributed by atoms with van der Waals surface area (Å²) in [6, 6.07) is 16.4. The van der Waals surface area contributed by atoms with Crippen LogP contribution in [0.15, 0.2) is 54.6 Å². The van der Waals surface area contributed by atoms with Crippen LogP contribution in [0.2, 0.25) is 0 Å². The van der Waals surface area contributed by atoms with Gasteiger partial charge in [-0.15, -0.1) is 0 Å². The van der Waals surface area contributed by atoms with E-state index in [9.17, 15) is 23.1 Å². The number of hydrogen-bond acceptors (Lipinski definition) is 4. The van der Waals surface area contributed by atoms with E-state index in [2.05, 4.69) is 18.3 Å². The van der Waals surface area contributed by atoms with Gasteiger partial charge in [-0.2, -0.15) is 47.1 Å². The summed E-state index contributed by atoms with van der Waals surface area (Å²) >= 11 is 0. The Labute approximate surface area is 245 Å². The summed E-state index contributed by atoms with van der Waals surface area (Å²) in [4.78, 5) is 24.1. The number of amides is 1. The molecule has 2 aromatic rings. The quantitative estimate of drug-likeness (QED) is 0.361. The van der Waals surface area contributed by atoms with E-state index >= 15 is 0 Å². The van der Waals surface area contributed by atoms with Crippen LogP contribution in [0.25, 0.3) is 0 Å². The summed E-state index contributed by atoms with van der Waals surface area (Å²) in [5, 5.41) is 11.9. The largest absolute Gasteiger partial charge is 0.480 e. The van der Waals surface area contributed by atoms with Crippen molar-refractivity contribution in [3.8, 4) is 0 Å². The zero-order chi connectivity index (χ0) is 26.1. The maximum absolute atomic E-state index is 12.6. The van der Waals surface area contributed by atoms with Gasteiger partial charge in [-0.25, -0.2) is 13.2 Å². The molecule has 7 nitrogen and oxygen atoms in total. The number of rotatable bonds is 8. The fraction of sp³-hybridized carbons (Fsp3) is 0.423. The van der Waals surface area contributed by atoms with Crippen LogP contribution in [0.3, 0.4) is 0 Å². The minimum Gasteiger partial charge on any atom is -0.480 e. The van der Waals surface area contributed by atoms with Gasteiger partial charge in [-0.05, 0) is 18.4 Å². The van der Waals surface area contributed by atoms with Crippen molar-refractivity contribution in [3.63, 3.8) is 0 Å². The number of carbonyl (C=O) groups is 2. The molecule has 2 unspecified atom stereocenters. The first-order chi connectivity index (χ1) is 16.4. The Balaban J connectivity index is -0.00000127. The summed E-state index contributed by atoms with van der Waals surface area (Å²) in [6.07, 6.45) is 0.478. The number of hydrogen-bond donors (Lipinski definition) is 2. The molecule has 2 N–H and O–H groups in total. The molecule has 1 fully saturated rings. The maximum Gasteiger partial charge on any atom is 0.326 e. The Morgan fingerprint density at radius 2 is 1.58 bits per heavy atom. The monoisotopic (exact) mass is 590 g/mol. The fourth-order valence-corrected chi connectivity index (χ4v) is 4.84. The smallest absolute Gasteiger partial charge is 0.326 e. The number of sulfonamides is 1. The van der Waals surface area contributed by atoms with Crippen molar-refractivity contribution >= 4 is 30.3 Å². The first-order valence-corrected chi connectivity index (χ1v) is 13.2. The molecule has 0 aliphatic carbocycles. The third-order valence-corrected chi connectivity index (χ3v) is 6.51. The Morgan fingerprint density at radius 1 is 1.06 bits per heavy atom. The zero-order valence-electron chi connectivity index (χ0n) is 22.0. The van der Waals surface area contributed by atoms with E-state index in [1.54, 1.807) is 61.5 Å². The average molecular weight is 590 g/mol. The van der Waals surface area contributed by atoms with Gasteiger partial charge in [0.05, 0.1) is 5.75 Å². The molecule has 1 aliphatic rings. The van der Waals surface area contributed by atoms with Crippen LogP contribution in [0, 0.1) is 13.0 Å². The third-order valence-electron chi connectivity index (χ3n) is 4.66. The Morgan fingerprint density at radius 3 is 2.03 bits per heavy atom. The second-order valence-electron chi connectivity index (χ2n) is 6.67. The molecule has 1 saturated heterocycles. The first kappa shape index (κ1) is 39.0. The molecule has 1 amide bonds. The van der Waals surface area contributed by atoms with Crippen LogP contribution in [0.1, 0.15) is 52.2 Å². The van der Waals surface area contributed by atoms with E-state index in [0.717, 1.165) is 9.87 Å². The van der Waals surface area contributed by atoms with Crippen molar-refractivity contribution in [1.29, 1.82) is 0 Å². The number of nitrogens with zero attached hydrogens (tertiary/aromatic N) is 1. The van der Waals surface area contributed by atoms with Gasteiger partial charge in [0.15, 0.2) is 0 Å². The van der Waals surface area contributed by atoms with Crippen molar-refractivity contribution < 1.29 is 55.8 Å². The van der Waals surface area contributed by atoms with Gasteiger partial charge in [0.2, 0.25) is 15.9 Å². The van der Waals surface area contributed by atoms with Gasteiger partial charge in [-0.3, -0.25) is 4.79 Å². The second kappa shape index (κ2) is 21.5. The number of benzene rings is 2. The van der Waals surface area contributed by atoms with Gasteiger partial charge in [-0.1, -0.05) is 58.0 Å². The van der Waals surface area contributed by atoms with Crippen molar-refractivity contribution in [2.45, 2.75) is 65.3 Å². The molecule has 2 atom stereocenters. The van der Waals surface area contributed by atoms with E-state index in [1.165, 1.54) is 0 Å². The molecule has 196 valence electrons. The predicted molar refractivity (Wildman–Crippen MR) is 142 cm³/mol. The molecular formula is C26H38BN2O5SY-2. The summed E-state index contributed by atoms with van der Waals surface area (Å²) in [6.45, 7) is 13.2. The van der Waals surface area contributed by atoms with E-state index < -0.39 is 34.0 Å². The van der Waals surface area contributed by atoms with Crippen molar-refractivity contribution in [3.05, 3.63) is 78.7 Å². The van der Waals surface area contributed by atoms with Crippen molar-refractivity contribution in [1.82, 2.24) is 9.62 Å². The number of nitrogens with one attached hydrogen (secondary N) is 1. The number of carboxylic acids is 1. The standard InChI is InChI=1S/C20H21N2O5S.2C2H6.C2H5.B.Y/c23-19(21-17(20(24)25)13-15-7-3-1-4-8-15)18-11-12-22(18)28(26,27)14-16-9-5-2-6-10-16;3*1-2;;/h2-10,17-18H,11-14H2,(H,21,23)(H,24,25);2*1-2H3;1H2,2H3;;/q-1;;;-1;;. The molecule has 0 saturated carbocycles. The van der Waals surface area contributed by atoms with E-state index in [0.29, 0.717) is 12.0 Å². The molecule has 10 heteroatoms. The summed E-state index contributed by atoms with van der Waals surface area (Å²) in [5.74, 6) is -1.95. The van der Waals surface area contributed by atoms with E-state index in [1.807, 2.05) is 27.7 Å². The topological polar surface area (TPSA) is 104 Å². The van der Waals surface area contributed by atoms with Crippen LogP contribution < -0.4 is 5.32 Å². The second-order valence-corrected chi connectivity index (χ2v) is 8.59. The van der Waals surface area contributed by atoms with Crippen molar-refractivity contribution in [2.24, 2.45) is 0 Å². The molecule has 4 radical (unpaired) electrons. The van der Waals surface area contributed by atoms with Gasteiger partial charge in [0.25, 0.3) is 0 Å². The molecule has 2 aromatic carbocycles. The van der Waals surface area contributed by atoms with Crippen LogP contribution in [-0.4, -0.2) is 56.7 Å². The third kappa shape index (κ3) is 12.6. The van der Waals surface area contributed by atoms with Crippen LogP contribution in [0.5, 0.6) is 0 Å². The van der Waals surface area contributed by atoms with Gasteiger partial charge in [0.1, 0.15) is 12.1 Å². The number of aliphatic carboxylic acids is 1. The average Bonchev–Trinajstić information content (AvgIpc) is 2.82. The summed E-state index contributed by atoms with van der Waals surface area (Å²) in [5.41, 5.74) is 1.38. The zero-order valence-corrected chi connectivity index (χ0v) is 25.6. The summed E-state index contributed by atoms with van der Waals surface area (Å²) < 4.78 is 26.4. The molecule has 36 heavy (non-hydrogen) atoms. The molecule has 0 bridgehead atoms. The Kier molecular flexibility index (Phi) is 23.3. The summed E-state index contributed by atoms with van der Waals surface area (Å²) in [7, 11) is -3.66. The minimum atomic E-state index is -3.66. The van der Waals surface area contributed by atoms with Crippen LogP contribution in [-0.2, 0) is 64.5 Å². The minimum absolute atomic E-state index is 0. The van der Waals surface area contributed by atoms with Gasteiger partial charge in [0, 0.05) is 47.7 Å². The van der Waals surface area contributed by atoms with Gasteiger partial charge < -0.3 is 17.3 Å². The van der Waals surface area contributed by atoms with Gasteiger partial charge >= 0.3 is 5.97 Å². The number of carboxylic acid groups (broad SMARTS) is 1. The fourth-order valence-electron chi connectivity index (χ4n) is 3.09. The first-order valence-electron chi connectivity index (χ1n) is 11.6. The Bertz CT molecular complexity index is 947. The molecule has 1 heterocycles. The molecule has 3 rings (SSSR count).